The van der Waals surface area contributed by atoms with Crippen molar-refractivity contribution in [1.82, 2.24) is 4.90 Å². The lowest BCUT2D eigenvalue weighted by Gasteiger charge is -2.33. The van der Waals surface area contributed by atoms with Crippen LogP contribution in [0.15, 0.2) is 0 Å². The zero-order valence-corrected chi connectivity index (χ0v) is 12.4. The largest absolute Gasteiger partial charge is 0.444 e. The van der Waals surface area contributed by atoms with Crippen molar-refractivity contribution in [3.63, 3.8) is 0 Å². The predicted molar refractivity (Wildman–Crippen MR) is 73.9 cm³/mol. The summed E-state index contributed by atoms with van der Waals surface area (Å²) in [7, 11) is 0. The number of hydrogen-bond acceptors (Lipinski definition) is 3. The second-order valence-electron chi connectivity index (χ2n) is 7.21. The fourth-order valence-corrected chi connectivity index (χ4v) is 3.53. The number of carbonyl (C=O) groups is 1. The predicted octanol–water partition coefficient (Wildman–Crippen LogP) is 2.94. The molecule has 2 rings (SSSR count). The van der Waals surface area contributed by atoms with Gasteiger partial charge in [0, 0.05) is 6.54 Å². The van der Waals surface area contributed by atoms with E-state index in [2.05, 4.69) is 0 Å². The Labute approximate surface area is 116 Å². The molecule has 2 fully saturated rings. The molecule has 1 saturated heterocycles. The maximum atomic E-state index is 12.2. The van der Waals surface area contributed by atoms with Gasteiger partial charge in [0.1, 0.15) is 5.60 Å². The molecule has 0 aromatic carbocycles. The number of likely N-dealkylation sites (tertiary alicyclic amines) is 1. The summed E-state index contributed by atoms with van der Waals surface area (Å²) in [6.07, 6.45) is 6.83. The summed E-state index contributed by atoms with van der Waals surface area (Å²) in [5.74, 6) is 0. The molecule has 1 N–H and O–H groups in total. The monoisotopic (exact) mass is 269 g/mol. The van der Waals surface area contributed by atoms with Crippen LogP contribution in [0.25, 0.3) is 0 Å². The number of nitrogens with zero attached hydrogens (tertiary/aromatic N) is 1. The Morgan fingerprint density at radius 2 is 1.95 bits per heavy atom. The third-order valence-corrected chi connectivity index (χ3v) is 4.37. The van der Waals surface area contributed by atoms with Gasteiger partial charge in [0.25, 0.3) is 0 Å². The summed E-state index contributed by atoms with van der Waals surface area (Å²) in [5.41, 5.74) is -0.234. The quantitative estimate of drug-likeness (QED) is 0.796. The van der Waals surface area contributed by atoms with E-state index >= 15 is 0 Å². The minimum atomic E-state index is -0.473. The second-order valence-corrected chi connectivity index (χ2v) is 7.21. The van der Waals surface area contributed by atoms with Gasteiger partial charge < -0.3 is 14.7 Å². The van der Waals surface area contributed by atoms with Crippen LogP contribution in [0.2, 0.25) is 0 Å². The highest BCUT2D eigenvalue weighted by atomic mass is 16.6. The molecule has 1 saturated carbocycles. The zero-order chi connectivity index (χ0) is 14.1. The molecule has 0 bridgehead atoms. The van der Waals surface area contributed by atoms with Crippen molar-refractivity contribution in [1.29, 1.82) is 0 Å². The van der Waals surface area contributed by atoms with Crippen LogP contribution in [0.4, 0.5) is 4.79 Å². The highest BCUT2D eigenvalue weighted by molar-refractivity contribution is 5.69. The van der Waals surface area contributed by atoms with Crippen LogP contribution in [0.1, 0.15) is 59.3 Å². The van der Waals surface area contributed by atoms with Gasteiger partial charge in [-0.25, -0.2) is 4.79 Å². The van der Waals surface area contributed by atoms with E-state index in [4.69, 9.17) is 4.74 Å². The Bertz CT molecular complexity index is 329. The lowest BCUT2D eigenvalue weighted by molar-refractivity contribution is 0.0158. The molecule has 1 amide bonds. The Balaban J connectivity index is 2.05. The van der Waals surface area contributed by atoms with Gasteiger partial charge in [-0.15, -0.1) is 0 Å². The number of aliphatic hydroxyl groups excluding tert-OH is 1. The molecule has 19 heavy (non-hydrogen) atoms. The molecule has 1 heterocycles. The van der Waals surface area contributed by atoms with Crippen LogP contribution in [-0.2, 0) is 4.74 Å². The SMILES string of the molecule is CC(C)(C)OC(=O)N1CC2(CCCCC2)C[C@H]1CO. The Hall–Kier alpha value is -0.770. The molecule has 1 spiro atoms. The molecular weight excluding hydrogens is 242 g/mol. The molecule has 1 atom stereocenters. The zero-order valence-electron chi connectivity index (χ0n) is 12.4. The molecule has 1 aliphatic heterocycles. The van der Waals surface area contributed by atoms with Crippen LogP contribution in [0.5, 0.6) is 0 Å². The van der Waals surface area contributed by atoms with Crippen LogP contribution in [0.3, 0.4) is 0 Å². The van der Waals surface area contributed by atoms with E-state index in [-0.39, 0.29) is 24.2 Å². The fourth-order valence-electron chi connectivity index (χ4n) is 3.53. The van der Waals surface area contributed by atoms with Gasteiger partial charge in [-0.2, -0.15) is 0 Å². The van der Waals surface area contributed by atoms with Crippen LogP contribution in [-0.4, -0.2) is 40.9 Å². The van der Waals surface area contributed by atoms with Crippen molar-refractivity contribution >= 4 is 6.09 Å². The number of ether oxygens (including phenoxy) is 1. The summed E-state index contributed by atoms with van der Waals surface area (Å²) in [6, 6.07) is -0.0621. The average molecular weight is 269 g/mol. The van der Waals surface area contributed by atoms with Gasteiger partial charge in [0.2, 0.25) is 0 Å². The minimum Gasteiger partial charge on any atom is -0.444 e. The Kier molecular flexibility index (Phi) is 4.09. The van der Waals surface area contributed by atoms with E-state index in [9.17, 15) is 9.90 Å². The molecule has 2 aliphatic rings. The van der Waals surface area contributed by atoms with Crippen LogP contribution < -0.4 is 0 Å². The van der Waals surface area contributed by atoms with E-state index in [1.165, 1.54) is 32.1 Å². The first kappa shape index (κ1) is 14.6. The molecule has 0 unspecified atom stereocenters. The van der Waals surface area contributed by atoms with Crippen molar-refractivity contribution in [3.8, 4) is 0 Å². The molecule has 4 nitrogen and oxygen atoms in total. The molecule has 0 aromatic heterocycles. The van der Waals surface area contributed by atoms with E-state index in [1.54, 1.807) is 4.90 Å². The first-order valence-corrected chi connectivity index (χ1v) is 7.46. The maximum absolute atomic E-state index is 12.2. The topological polar surface area (TPSA) is 49.8 Å². The molecule has 1 aliphatic carbocycles. The maximum Gasteiger partial charge on any atom is 0.410 e. The number of aliphatic hydroxyl groups is 1. The van der Waals surface area contributed by atoms with Crippen LogP contribution in [0, 0.1) is 5.41 Å². The fraction of sp³-hybridized carbons (Fsp3) is 0.933. The highest BCUT2D eigenvalue weighted by Gasteiger charge is 2.46. The molecule has 110 valence electrons. The second kappa shape index (κ2) is 5.31. The molecule has 0 aromatic rings. The normalized spacial score (nSPS) is 26.7. The molecule has 4 heteroatoms. The standard InChI is InChI=1S/C15H27NO3/c1-14(2,3)19-13(18)16-11-15(9-12(16)10-17)7-5-4-6-8-15/h12,17H,4-11H2,1-3H3/t12-/m0/s1. The summed E-state index contributed by atoms with van der Waals surface area (Å²) in [4.78, 5) is 14.0. The summed E-state index contributed by atoms with van der Waals surface area (Å²) < 4.78 is 5.46. The van der Waals surface area contributed by atoms with Crippen molar-refractivity contribution in [2.45, 2.75) is 70.9 Å². The first-order valence-electron chi connectivity index (χ1n) is 7.46. The highest BCUT2D eigenvalue weighted by Crippen LogP contribution is 2.46. The van der Waals surface area contributed by atoms with E-state index < -0.39 is 5.60 Å². The average Bonchev–Trinajstić information content (AvgIpc) is 2.67. The van der Waals surface area contributed by atoms with Gasteiger partial charge in [0.05, 0.1) is 12.6 Å². The van der Waals surface area contributed by atoms with Crippen LogP contribution >= 0.6 is 0 Å². The molecule has 0 radical (unpaired) electrons. The number of amides is 1. The van der Waals surface area contributed by atoms with E-state index in [0.717, 1.165) is 13.0 Å². The lowest BCUT2D eigenvalue weighted by Crippen LogP contribution is -2.42. The van der Waals surface area contributed by atoms with Gasteiger partial charge in [-0.3, -0.25) is 0 Å². The van der Waals surface area contributed by atoms with Gasteiger partial charge in [-0.1, -0.05) is 19.3 Å². The smallest absolute Gasteiger partial charge is 0.410 e. The number of rotatable bonds is 1. The Morgan fingerprint density at radius 1 is 1.32 bits per heavy atom. The van der Waals surface area contributed by atoms with Gasteiger partial charge >= 0.3 is 6.09 Å². The van der Waals surface area contributed by atoms with E-state index in [0.29, 0.717) is 0 Å². The summed E-state index contributed by atoms with van der Waals surface area (Å²) >= 11 is 0. The Morgan fingerprint density at radius 3 is 2.47 bits per heavy atom. The van der Waals surface area contributed by atoms with E-state index in [1.807, 2.05) is 20.8 Å². The van der Waals surface area contributed by atoms with Gasteiger partial charge in [-0.05, 0) is 45.4 Å². The lowest BCUT2D eigenvalue weighted by atomic mass is 9.73. The summed E-state index contributed by atoms with van der Waals surface area (Å²) in [5, 5.41) is 9.55. The molecular formula is C15H27NO3. The number of hydrogen-bond donors (Lipinski definition) is 1. The van der Waals surface area contributed by atoms with Crippen molar-refractivity contribution in [2.24, 2.45) is 5.41 Å². The number of carbonyl (C=O) groups excluding carboxylic acids is 1. The first-order chi connectivity index (χ1) is 8.85. The summed E-state index contributed by atoms with van der Waals surface area (Å²) in [6.45, 7) is 6.44. The van der Waals surface area contributed by atoms with Gasteiger partial charge in [0.15, 0.2) is 0 Å². The third-order valence-electron chi connectivity index (χ3n) is 4.37. The van der Waals surface area contributed by atoms with Crippen molar-refractivity contribution < 1.29 is 14.6 Å². The minimum absolute atomic E-state index is 0.0427. The third kappa shape index (κ3) is 3.41. The van der Waals surface area contributed by atoms with Crippen molar-refractivity contribution in [2.75, 3.05) is 13.2 Å². The van der Waals surface area contributed by atoms with Crippen molar-refractivity contribution in [3.05, 3.63) is 0 Å².